The van der Waals surface area contributed by atoms with Crippen LogP contribution in [0.15, 0.2) is 35.4 Å². The Morgan fingerprint density at radius 2 is 2.04 bits per heavy atom. The molecule has 3 aromatic rings. The van der Waals surface area contributed by atoms with E-state index >= 15 is 0 Å². The fourth-order valence-electron chi connectivity index (χ4n) is 2.79. The van der Waals surface area contributed by atoms with Crippen molar-refractivity contribution in [2.75, 3.05) is 0 Å². The van der Waals surface area contributed by atoms with E-state index in [1.165, 1.54) is 29.8 Å². The van der Waals surface area contributed by atoms with E-state index in [0.717, 1.165) is 9.44 Å². The van der Waals surface area contributed by atoms with E-state index in [1.54, 1.807) is 19.1 Å². The summed E-state index contributed by atoms with van der Waals surface area (Å²) in [6.45, 7) is 3.57. The lowest BCUT2D eigenvalue weighted by molar-refractivity contribution is -0.141. The minimum atomic E-state index is -1.07. The molecule has 24 heavy (non-hydrogen) atoms. The zero-order valence-electron chi connectivity index (χ0n) is 13.1. The van der Waals surface area contributed by atoms with Gasteiger partial charge in [-0.25, -0.2) is 14.2 Å². The molecule has 2 heterocycles. The molecule has 5 nitrogen and oxygen atoms in total. The molecule has 0 fully saturated rings. The summed E-state index contributed by atoms with van der Waals surface area (Å²) in [4.78, 5) is 30.0. The smallest absolute Gasteiger partial charge is 0.326 e. The molecular weight excluding hydrogens is 331 g/mol. The minimum absolute atomic E-state index is 0.275. The normalized spacial score (nSPS) is 12.5. The third kappa shape index (κ3) is 2.60. The van der Waals surface area contributed by atoms with Crippen molar-refractivity contribution < 1.29 is 14.3 Å². The molecule has 1 atom stereocenters. The molecule has 0 saturated carbocycles. The lowest BCUT2D eigenvalue weighted by atomic mass is 10.0. The molecular formula is C17H15FN2O3S. The van der Waals surface area contributed by atoms with Crippen molar-refractivity contribution in [1.29, 1.82) is 0 Å². The number of rotatable bonds is 4. The van der Waals surface area contributed by atoms with Crippen LogP contribution in [0, 0.1) is 12.7 Å². The van der Waals surface area contributed by atoms with E-state index in [0.29, 0.717) is 21.3 Å². The summed E-state index contributed by atoms with van der Waals surface area (Å²) >= 11 is 1.36. The van der Waals surface area contributed by atoms with Crippen LogP contribution in [0.3, 0.4) is 0 Å². The van der Waals surface area contributed by atoms with Crippen molar-refractivity contribution in [3.8, 4) is 11.1 Å². The van der Waals surface area contributed by atoms with Crippen LogP contribution in [0.25, 0.3) is 21.3 Å². The Morgan fingerprint density at radius 3 is 2.62 bits per heavy atom. The Morgan fingerprint density at radius 1 is 1.38 bits per heavy atom. The summed E-state index contributed by atoms with van der Waals surface area (Å²) in [5.74, 6) is -1.43. The zero-order chi connectivity index (χ0) is 17.4. The monoisotopic (exact) mass is 346 g/mol. The maximum absolute atomic E-state index is 13.2. The van der Waals surface area contributed by atoms with Gasteiger partial charge in [-0.1, -0.05) is 19.1 Å². The van der Waals surface area contributed by atoms with Gasteiger partial charge in [0.1, 0.15) is 16.7 Å². The number of benzene rings is 1. The van der Waals surface area contributed by atoms with E-state index in [4.69, 9.17) is 0 Å². The Kier molecular flexibility index (Phi) is 4.19. The van der Waals surface area contributed by atoms with Crippen molar-refractivity contribution in [2.24, 2.45) is 0 Å². The number of aryl methyl sites for hydroxylation is 1. The highest BCUT2D eigenvalue weighted by molar-refractivity contribution is 7.19. The number of thiophene rings is 1. The first-order chi connectivity index (χ1) is 11.4. The van der Waals surface area contributed by atoms with Gasteiger partial charge in [0.05, 0.1) is 11.7 Å². The number of carboxylic acid groups (broad SMARTS) is 1. The summed E-state index contributed by atoms with van der Waals surface area (Å²) in [7, 11) is 0. The number of carboxylic acids is 1. The second-order valence-corrected chi connectivity index (χ2v) is 6.64. The van der Waals surface area contributed by atoms with Gasteiger partial charge in [-0.2, -0.15) is 0 Å². The molecule has 3 rings (SSSR count). The van der Waals surface area contributed by atoms with Gasteiger partial charge in [-0.05, 0) is 31.0 Å². The van der Waals surface area contributed by atoms with Gasteiger partial charge in [0.15, 0.2) is 0 Å². The first-order valence-corrected chi connectivity index (χ1v) is 8.24. The maximum atomic E-state index is 13.2. The highest BCUT2D eigenvalue weighted by atomic mass is 32.1. The van der Waals surface area contributed by atoms with Crippen molar-refractivity contribution >= 4 is 27.5 Å². The predicted molar refractivity (Wildman–Crippen MR) is 91.0 cm³/mol. The molecule has 1 aromatic carbocycles. The van der Waals surface area contributed by atoms with Gasteiger partial charge in [-0.3, -0.25) is 9.36 Å². The molecule has 0 aliphatic carbocycles. The first-order valence-electron chi connectivity index (χ1n) is 7.43. The number of aromatic nitrogens is 2. The number of hydrogen-bond donors (Lipinski definition) is 1. The number of carbonyl (C=O) groups is 1. The average molecular weight is 346 g/mol. The van der Waals surface area contributed by atoms with E-state index < -0.39 is 17.6 Å². The van der Waals surface area contributed by atoms with Gasteiger partial charge >= 0.3 is 5.97 Å². The van der Waals surface area contributed by atoms with E-state index in [2.05, 4.69) is 4.98 Å². The van der Waals surface area contributed by atoms with Gasteiger partial charge in [0, 0.05) is 10.4 Å². The molecule has 0 saturated heterocycles. The number of nitrogens with zero attached hydrogens (tertiary/aromatic N) is 2. The Balaban J connectivity index is 2.31. The number of hydrogen-bond acceptors (Lipinski definition) is 4. The molecule has 2 aromatic heterocycles. The van der Waals surface area contributed by atoms with E-state index in [9.17, 15) is 19.1 Å². The Hall–Kier alpha value is -2.54. The van der Waals surface area contributed by atoms with Crippen molar-refractivity contribution in [3.05, 3.63) is 51.6 Å². The summed E-state index contributed by atoms with van der Waals surface area (Å²) < 4.78 is 14.3. The highest BCUT2D eigenvalue weighted by Gasteiger charge is 2.23. The largest absolute Gasteiger partial charge is 0.480 e. The maximum Gasteiger partial charge on any atom is 0.326 e. The fourth-order valence-corrected chi connectivity index (χ4v) is 3.80. The number of fused-ring (bicyclic) bond motifs is 1. The zero-order valence-corrected chi connectivity index (χ0v) is 13.9. The van der Waals surface area contributed by atoms with Crippen molar-refractivity contribution in [1.82, 2.24) is 9.55 Å². The Bertz CT molecular complexity index is 976. The van der Waals surface area contributed by atoms with Crippen molar-refractivity contribution in [2.45, 2.75) is 26.3 Å². The summed E-state index contributed by atoms with van der Waals surface area (Å²) in [5.41, 5.74) is 1.00. The van der Waals surface area contributed by atoms with Crippen LogP contribution in [0.1, 0.15) is 24.3 Å². The molecule has 1 N–H and O–H groups in total. The topological polar surface area (TPSA) is 72.2 Å². The highest BCUT2D eigenvalue weighted by Crippen LogP contribution is 2.35. The van der Waals surface area contributed by atoms with Crippen LogP contribution in [0.4, 0.5) is 4.39 Å². The van der Waals surface area contributed by atoms with Crippen LogP contribution in [0.5, 0.6) is 0 Å². The molecule has 124 valence electrons. The third-order valence-electron chi connectivity index (χ3n) is 3.95. The van der Waals surface area contributed by atoms with Gasteiger partial charge in [-0.15, -0.1) is 11.3 Å². The van der Waals surface area contributed by atoms with E-state index in [1.807, 2.05) is 6.92 Å². The van der Waals surface area contributed by atoms with Crippen LogP contribution in [0.2, 0.25) is 0 Å². The van der Waals surface area contributed by atoms with Crippen LogP contribution < -0.4 is 5.56 Å². The predicted octanol–water partition coefficient (Wildman–Crippen LogP) is 3.61. The lowest BCUT2D eigenvalue weighted by Gasteiger charge is -2.13. The quantitative estimate of drug-likeness (QED) is 0.783. The molecule has 1 unspecified atom stereocenters. The molecule has 0 radical (unpaired) electrons. The standard InChI is InChI=1S/C17H15FN2O3S/c1-3-12(17(22)23)20-8-19-15-14(16(20)21)13(9(2)24-15)10-4-6-11(18)7-5-10/h4-8,12H,3H2,1-2H3,(H,22,23). The second-order valence-electron chi connectivity index (χ2n) is 5.44. The average Bonchev–Trinajstić information content (AvgIpc) is 2.88. The molecule has 0 amide bonds. The lowest BCUT2D eigenvalue weighted by Crippen LogP contribution is -2.29. The third-order valence-corrected chi connectivity index (χ3v) is 4.97. The van der Waals surface area contributed by atoms with Crippen LogP contribution in [-0.4, -0.2) is 20.6 Å². The number of aliphatic carboxylic acids is 1. The van der Waals surface area contributed by atoms with Crippen molar-refractivity contribution in [3.63, 3.8) is 0 Å². The second kappa shape index (κ2) is 6.16. The first kappa shape index (κ1) is 16.3. The molecule has 0 spiro atoms. The van der Waals surface area contributed by atoms with Gasteiger partial charge in [0.25, 0.3) is 5.56 Å². The molecule has 0 bridgehead atoms. The van der Waals surface area contributed by atoms with Crippen LogP contribution >= 0.6 is 11.3 Å². The van der Waals surface area contributed by atoms with Gasteiger partial charge < -0.3 is 5.11 Å². The molecule has 0 aliphatic heterocycles. The van der Waals surface area contributed by atoms with Crippen LogP contribution in [-0.2, 0) is 4.79 Å². The summed E-state index contributed by atoms with van der Waals surface area (Å²) in [6, 6.07) is 4.92. The Labute approximate surface area is 141 Å². The summed E-state index contributed by atoms with van der Waals surface area (Å²) in [5, 5.41) is 9.70. The van der Waals surface area contributed by atoms with E-state index in [-0.39, 0.29) is 12.2 Å². The molecule has 0 aliphatic rings. The fraction of sp³-hybridized carbons (Fsp3) is 0.235. The van der Waals surface area contributed by atoms with Gasteiger partial charge in [0.2, 0.25) is 0 Å². The molecule has 7 heteroatoms. The SMILES string of the molecule is CCC(C(=O)O)n1cnc2sc(C)c(-c3ccc(F)cc3)c2c1=O. The summed E-state index contributed by atoms with van der Waals surface area (Å²) in [6.07, 6.45) is 1.56. The minimum Gasteiger partial charge on any atom is -0.480 e. The number of halogens is 1.